The summed E-state index contributed by atoms with van der Waals surface area (Å²) in [5.74, 6) is 3.34. The van der Waals surface area contributed by atoms with E-state index in [-0.39, 0.29) is 12.0 Å². The number of aromatic nitrogens is 2. The number of rotatable bonds is 7. The lowest BCUT2D eigenvalue weighted by molar-refractivity contribution is 0.183. The zero-order valence-corrected chi connectivity index (χ0v) is 13.9. The molecule has 20 heavy (non-hydrogen) atoms. The van der Waals surface area contributed by atoms with Crippen molar-refractivity contribution in [1.29, 1.82) is 0 Å². The first-order valence-corrected chi connectivity index (χ1v) is 7.64. The van der Waals surface area contributed by atoms with Crippen molar-refractivity contribution in [3.63, 3.8) is 0 Å². The van der Waals surface area contributed by atoms with Crippen LogP contribution in [0.15, 0.2) is 0 Å². The number of anilines is 1. The Kier molecular flexibility index (Phi) is 6.24. The summed E-state index contributed by atoms with van der Waals surface area (Å²) in [6.45, 7) is 15.6. The molecule has 0 aliphatic carbocycles. The van der Waals surface area contributed by atoms with Gasteiger partial charge in [-0.1, -0.05) is 27.7 Å². The summed E-state index contributed by atoms with van der Waals surface area (Å²) in [6, 6.07) is 0. The van der Waals surface area contributed by atoms with E-state index >= 15 is 0 Å². The van der Waals surface area contributed by atoms with Crippen LogP contribution in [-0.2, 0) is 0 Å². The lowest BCUT2D eigenvalue weighted by atomic mass is 10.1. The van der Waals surface area contributed by atoms with Crippen molar-refractivity contribution in [2.75, 3.05) is 11.9 Å². The first-order chi connectivity index (χ1) is 9.35. The van der Waals surface area contributed by atoms with Gasteiger partial charge in [0.25, 0.3) is 0 Å². The second-order valence-electron chi connectivity index (χ2n) is 6.10. The Morgan fingerprint density at radius 1 is 1.10 bits per heavy atom. The van der Waals surface area contributed by atoms with E-state index in [1.807, 2.05) is 6.92 Å². The molecule has 1 aromatic rings. The molecule has 1 rings (SSSR count). The first kappa shape index (κ1) is 16.7. The summed E-state index contributed by atoms with van der Waals surface area (Å²) in [7, 11) is 0. The van der Waals surface area contributed by atoms with Crippen LogP contribution in [0.25, 0.3) is 0 Å². The Labute approximate surface area is 123 Å². The van der Waals surface area contributed by atoms with Crippen molar-refractivity contribution in [1.82, 2.24) is 9.97 Å². The molecule has 1 unspecified atom stereocenters. The Morgan fingerprint density at radius 2 is 1.75 bits per heavy atom. The average Bonchev–Trinajstić information content (AvgIpc) is 2.32. The minimum atomic E-state index is 0.165. The fourth-order valence-corrected chi connectivity index (χ4v) is 2.13. The van der Waals surface area contributed by atoms with Gasteiger partial charge in [-0.25, -0.2) is 4.98 Å². The van der Waals surface area contributed by atoms with Gasteiger partial charge in [0, 0.05) is 12.5 Å². The second-order valence-corrected chi connectivity index (χ2v) is 6.10. The molecule has 1 heterocycles. The Morgan fingerprint density at radius 3 is 2.25 bits per heavy atom. The zero-order valence-electron chi connectivity index (χ0n) is 13.9. The van der Waals surface area contributed by atoms with Crippen LogP contribution in [-0.4, -0.2) is 22.6 Å². The predicted molar refractivity (Wildman–Crippen MR) is 84.6 cm³/mol. The Balaban J connectivity index is 3.03. The van der Waals surface area contributed by atoms with Crippen LogP contribution in [0.5, 0.6) is 5.88 Å². The Bertz CT molecular complexity index is 430. The normalized spacial score (nSPS) is 12.8. The van der Waals surface area contributed by atoms with Gasteiger partial charge in [0.05, 0.1) is 11.7 Å². The standard InChI is InChI=1S/C16H29N3O/c1-8-17-15-13(7)16(19-14(18-15)11(4)5)20-12(6)9-10(2)3/h10-12H,8-9H2,1-7H3,(H,17,18,19). The van der Waals surface area contributed by atoms with Gasteiger partial charge in [0.1, 0.15) is 11.6 Å². The topological polar surface area (TPSA) is 47.0 Å². The molecule has 0 aliphatic rings. The monoisotopic (exact) mass is 279 g/mol. The van der Waals surface area contributed by atoms with E-state index in [9.17, 15) is 0 Å². The van der Waals surface area contributed by atoms with E-state index in [1.54, 1.807) is 0 Å². The molecule has 1 N–H and O–H groups in total. The summed E-state index contributed by atoms with van der Waals surface area (Å²) in [5, 5.41) is 3.29. The maximum Gasteiger partial charge on any atom is 0.222 e. The largest absolute Gasteiger partial charge is 0.474 e. The van der Waals surface area contributed by atoms with Crippen molar-refractivity contribution in [3.05, 3.63) is 11.4 Å². The number of nitrogens with zero attached hydrogens (tertiary/aromatic N) is 2. The third-order valence-corrected chi connectivity index (χ3v) is 3.10. The molecule has 114 valence electrons. The molecule has 0 spiro atoms. The fraction of sp³-hybridized carbons (Fsp3) is 0.750. The lowest BCUT2D eigenvalue weighted by Gasteiger charge is -2.20. The van der Waals surface area contributed by atoms with E-state index < -0.39 is 0 Å². The third-order valence-electron chi connectivity index (χ3n) is 3.10. The summed E-state index contributed by atoms with van der Waals surface area (Å²) < 4.78 is 6.04. The van der Waals surface area contributed by atoms with Crippen LogP contribution in [0.1, 0.15) is 65.3 Å². The molecule has 0 bridgehead atoms. The molecule has 0 radical (unpaired) electrons. The lowest BCUT2D eigenvalue weighted by Crippen LogP contribution is -2.18. The predicted octanol–water partition coefficient (Wildman–Crippen LogP) is 4.15. The van der Waals surface area contributed by atoms with Gasteiger partial charge < -0.3 is 10.1 Å². The molecule has 4 nitrogen and oxygen atoms in total. The molecular weight excluding hydrogens is 250 g/mol. The number of nitrogens with one attached hydrogen (secondary N) is 1. The van der Waals surface area contributed by atoms with Gasteiger partial charge >= 0.3 is 0 Å². The zero-order chi connectivity index (χ0) is 15.3. The first-order valence-electron chi connectivity index (χ1n) is 7.64. The van der Waals surface area contributed by atoms with E-state index in [1.165, 1.54) is 0 Å². The maximum absolute atomic E-state index is 6.04. The number of hydrogen-bond acceptors (Lipinski definition) is 4. The minimum absolute atomic E-state index is 0.165. The highest BCUT2D eigenvalue weighted by Crippen LogP contribution is 2.26. The quantitative estimate of drug-likeness (QED) is 0.814. The molecule has 0 saturated heterocycles. The van der Waals surface area contributed by atoms with Crippen molar-refractivity contribution in [2.45, 2.75) is 66.9 Å². The van der Waals surface area contributed by atoms with E-state index in [0.29, 0.717) is 11.8 Å². The second kappa shape index (κ2) is 7.46. The van der Waals surface area contributed by atoms with Crippen molar-refractivity contribution in [3.8, 4) is 5.88 Å². The molecular formula is C16H29N3O. The number of ether oxygens (including phenoxy) is 1. The molecule has 0 fully saturated rings. The highest BCUT2D eigenvalue weighted by Gasteiger charge is 2.16. The van der Waals surface area contributed by atoms with Crippen molar-refractivity contribution >= 4 is 5.82 Å². The van der Waals surface area contributed by atoms with Crippen LogP contribution in [0.3, 0.4) is 0 Å². The molecule has 1 atom stereocenters. The van der Waals surface area contributed by atoms with Gasteiger partial charge in [-0.3, -0.25) is 0 Å². The molecule has 0 aliphatic heterocycles. The molecule has 0 saturated carbocycles. The summed E-state index contributed by atoms with van der Waals surface area (Å²) in [4.78, 5) is 9.18. The SMILES string of the molecule is CCNc1nc(C(C)C)nc(OC(C)CC(C)C)c1C. The highest BCUT2D eigenvalue weighted by molar-refractivity contribution is 5.48. The van der Waals surface area contributed by atoms with Crippen molar-refractivity contribution < 1.29 is 4.74 Å². The summed E-state index contributed by atoms with van der Waals surface area (Å²) >= 11 is 0. The van der Waals surface area contributed by atoms with E-state index in [2.05, 4.69) is 56.8 Å². The average molecular weight is 279 g/mol. The Hall–Kier alpha value is -1.32. The molecule has 4 heteroatoms. The number of hydrogen-bond donors (Lipinski definition) is 1. The minimum Gasteiger partial charge on any atom is -0.474 e. The maximum atomic E-state index is 6.04. The summed E-state index contributed by atoms with van der Waals surface area (Å²) in [6.07, 6.45) is 1.19. The van der Waals surface area contributed by atoms with E-state index in [4.69, 9.17) is 4.74 Å². The summed E-state index contributed by atoms with van der Waals surface area (Å²) in [5.41, 5.74) is 0.992. The van der Waals surface area contributed by atoms with Gasteiger partial charge in [-0.05, 0) is 33.1 Å². The van der Waals surface area contributed by atoms with Crippen LogP contribution in [0, 0.1) is 12.8 Å². The van der Waals surface area contributed by atoms with Gasteiger partial charge in [-0.2, -0.15) is 4.98 Å². The smallest absolute Gasteiger partial charge is 0.222 e. The third kappa shape index (κ3) is 4.66. The van der Waals surface area contributed by atoms with Crippen LogP contribution in [0.4, 0.5) is 5.82 Å². The highest BCUT2D eigenvalue weighted by atomic mass is 16.5. The van der Waals surface area contributed by atoms with Gasteiger partial charge in [0.15, 0.2) is 0 Å². The van der Waals surface area contributed by atoms with Gasteiger partial charge in [-0.15, -0.1) is 0 Å². The molecule has 1 aromatic heterocycles. The van der Waals surface area contributed by atoms with E-state index in [0.717, 1.165) is 30.2 Å². The van der Waals surface area contributed by atoms with Crippen LogP contribution >= 0.6 is 0 Å². The van der Waals surface area contributed by atoms with Crippen LogP contribution < -0.4 is 10.1 Å². The van der Waals surface area contributed by atoms with Crippen LogP contribution in [0.2, 0.25) is 0 Å². The molecule has 0 amide bonds. The van der Waals surface area contributed by atoms with Crippen molar-refractivity contribution in [2.24, 2.45) is 5.92 Å². The molecule has 0 aromatic carbocycles. The fourth-order valence-electron chi connectivity index (χ4n) is 2.13. The van der Waals surface area contributed by atoms with Gasteiger partial charge in [0.2, 0.25) is 5.88 Å².